The van der Waals surface area contributed by atoms with Crippen molar-refractivity contribution in [2.45, 2.75) is 19.8 Å². The summed E-state index contributed by atoms with van der Waals surface area (Å²) in [5, 5.41) is 0.667. The lowest BCUT2D eigenvalue weighted by Gasteiger charge is -2.02. The van der Waals surface area contributed by atoms with Gasteiger partial charge in [-0.3, -0.25) is 4.99 Å². The summed E-state index contributed by atoms with van der Waals surface area (Å²) < 4.78 is 0. The molecule has 0 aliphatic rings. The fourth-order valence-electron chi connectivity index (χ4n) is 1.28. The fourth-order valence-corrected chi connectivity index (χ4v) is 1.96. The van der Waals surface area contributed by atoms with E-state index in [1.807, 2.05) is 0 Å². The van der Waals surface area contributed by atoms with Crippen LogP contribution < -0.4 is 5.73 Å². The summed E-state index contributed by atoms with van der Waals surface area (Å²) in [6.45, 7) is 2.17. The zero-order chi connectivity index (χ0) is 11.1. The summed E-state index contributed by atoms with van der Waals surface area (Å²) in [5.74, 6) is 0.995. The first-order valence-corrected chi connectivity index (χ1v) is 6.17. The van der Waals surface area contributed by atoms with Crippen LogP contribution in [0.4, 0.5) is 0 Å². The first-order chi connectivity index (χ1) is 7.26. The van der Waals surface area contributed by atoms with Gasteiger partial charge in [0.15, 0.2) is 5.17 Å². The SMILES string of the molecule is CCc1ccc(CCSC(N)=NC)cc1. The van der Waals surface area contributed by atoms with Gasteiger partial charge in [0.05, 0.1) is 0 Å². The van der Waals surface area contributed by atoms with Crippen LogP contribution in [0.1, 0.15) is 18.1 Å². The van der Waals surface area contributed by atoms with Crippen LogP contribution in [-0.4, -0.2) is 18.0 Å². The van der Waals surface area contributed by atoms with Crippen LogP contribution in [0, 0.1) is 0 Å². The Balaban J connectivity index is 2.38. The highest BCUT2D eigenvalue weighted by molar-refractivity contribution is 8.13. The van der Waals surface area contributed by atoms with Gasteiger partial charge in [0, 0.05) is 12.8 Å². The Hall–Kier alpha value is -0.960. The molecule has 0 aromatic heterocycles. The van der Waals surface area contributed by atoms with Gasteiger partial charge >= 0.3 is 0 Å². The highest BCUT2D eigenvalue weighted by atomic mass is 32.2. The van der Waals surface area contributed by atoms with Gasteiger partial charge in [-0.25, -0.2) is 0 Å². The lowest BCUT2D eigenvalue weighted by atomic mass is 10.1. The van der Waals surface area contributed by atoms with Crippen molar-refractivity contribution >= 4 is 16.9 Å². The maximum atomic E-state index is 5.60. The van der Waals surface area contributed by atoms with Crippen LogP contribution in [0.15, 0.2) is 29.3 Å². The van der Waals surface area contributed by atoms with E-state index in [0.717, 1.165) is 18.6 Å². The number of hydrogen-bond donors (Lipinski definition) is 1. The molecule has 82 valence electrons. The predicted molar refractivity (Wildman–Crippen MR) is 69.5 cm³/mol. The molecule has 0 spiro atoms. The Morgan fingerprint density at radius 1 is 1.27 bits per heavy atom. The average molecular weight is 222 g/mol. The third kappa shape index (κ3) is 4.38. The molecule has 0 saturated heterocycles. The molecule has 3 heteroatoms. The number of aryl methyl sites for hydroxylation is 2. The smallest absolute Gasteiger partial charge is 0.153 e. The molecule has 0 saturated carbocycles. The molecule has 0 atom stereocenters. The summed E-state index contributed by atoms with van der Waals surface area (Å²) in [6, 6.07) is 8.77. The number of thioether (sulfide) groups is 1. The molecule has 0 unspecified atom stereocenters. The minimum Gasteiger partial charge on any atom is -0.379 e. The second-order valence-corrected chi connectivity index (χ2v) is 4.45. The number of aliphatic imine (C=N–C) groups is 1. The van der Waals surface area contributed by atoms with Crippen LogP contribution in [-0.2, 0) is 12.8 Å². The molecule has 0 radical (unpaired) electrons. The first-order valence-electron chi connectivity index (χ1n) is 5.19. The van der Waals surface area contributed by atoms with E-state index in [-0.39, 0.29) is 0 Å². The van der Waals surface area contributed by atoms with Gasteiger partial charge in [-0.1, -0.05) is 43.0 Å². The average Bonchev–Trinajstić information content (AvgIpc) is 2.29. The summed E-state index contributed by atoms with van der Waals surface area (Å²) in [4.78, 5) is 3.90. The monoisotopic (exact) mass is 222 g/mol. The van der Waals surface area contributed by atoms with Crippen LogP contribution in [0.25, 0.3) is 0 Å². The number of nitrogens with two attached hydrogens (primary N) is 1. The number of amidine groups is 1. The van der Waals surface area contributed by atoms with E-state index in [4.69, 9.17) is 5.73 Å². The van der Waals surface area contributed by atoms with Crippen molar-refractivity contribution in [3.8, 4) is 0 Å². The van der Waals surface area contributed by atoms with Gasteiger partial charge in [0.2, 0.25) is 0 Å². The van der Waals surface area contributed by atoms with E-state index in [2.05, 4.69) is 36.2 Å². The van der Waals surface area contributed by atoms with Gasteiger partial charge < -0.3 is 5.73 Å². The molecule has 1 aromatic rings. The summed E-state index contributed by atoms with van der Waals surface area (Å²) in [6.07, 6.45) is 2.15. The molecular formula is C12H18N2S. The molecule has 0 amide bonds. The van der Waals surface area contributed by atoms with Crippen molar-refractivity contribution in [1.29, 1.82) is 0 Å². The number of hydrogen-bond acceptors (Lipinski definition) is 2. The van der Waals surface area contributed by atoms with Crippen LogP contribution in [0.3, 0.4) is 0 Å². The van der Waals surface area contributed by atoms with Crippen molar-refractivity contribution in [2.75, 3.05) is 12.8 Å². The Kier molecular flexibility index (Phi) is 5.26. The Morgan fingerprint density at radius 2 is 1.87 bits per heavy atom. The van der Waals surface area contributed by atoms with Gasteiger partial charge in [-0.15, -0.1) is 0 Å². The van der Waals surface area contributed by atoms with Gasteiger partial charge in [0.1, 0.15) is 0 Å². The van der Waals surface area contributed by atoms with Crippen molar-refractivity contribution < 1.29 is 0 Å². The maximum Gasteiger partial charge on any atom is 0.153 e. The Labute approximate surface area is 96.0 Å². The maximum absolute atomic E-state index is 5.60. The molecular weight excluding hydrogens is 204 g/mol. The largest absolute Gasteiger partial charge is 0.379 e. The third-order valence-electron chi connectivity index (χ3n) is 2.29. The molecule has 1 aromatic carbocycles. The molecule has 1 rings (SSSR count). The number of nitrogens with zero attached hydrogens (tertiary/aromatic N) is 1. The summed E-state index contributed by atoms with van der Waals surface area (Å²) in [7, 11) is 1.72. The molecule has 0 heterocycles. The Morgan fingerprint density at radius 3 is 2.40 bits per heavy atom. The van der Waals surface area contributed by atoms with E-state index in [9.17, 15) is 0 Å². The van der Waals surface area contributed by atoms with Crippen LogP contribution in [0.2, 0.25) is 0 Å². The van der Waals surface area contributed by atoms with E-state index in [0.29, 0.717) is 5.17 Å². The number of benzene rings is 1. The zero-order valence-electron chi connectivity index (χ0n) is 9.36. The highest BCUT2D eigenvalue weighted by Gasteiger charge is 1.96. The molecule has 2 N–H and O–H groups in total. The molecule has 0 aliphatic heterocycles. The van der Waals surface area contributed by atoms with Crippen molar-refractivity contribution in [3.05, 3.63) is 35.4 Å². The topological polar surface area (TPSA) is 38.4 Å². The summed E-state index contributed by atoms with van der Waals surface area (Å²) in [5.41, 5.74) is 8.35. The second-order valence-electron chi connectivity index (χ2n) is 3.33. The molecule has 2 nitrogen and oxygen atoms in total. The zero-order valence-corrected chi connectivity index (χ0v) is 10.2. The minimum atomic E-state index is 0.667. The standard InChI is InChI=1S/C12H18N2S/c1-3-10-4-6-11(7-5-10)8-9-15-12(13)14-2/h4-7H,3,8-9H2,1-2H3,(H2,13,14). The highest BCUT2D eigenvalue weighted by Crippen LogP contribution is 2.09. The van der Waals surface area contributed by atoms with E-state index < -0.39 is 0 Å². The van der Waals surface area contributed by atoms with Crippen molar-refractivity contribution in [1.82, 2.24) is 0 Å². The lowest BCUT2D eigenvalue weighted by molar-refractivity contribution is 1.11. The lowest BCUT2D eigenvalue weighted by Crippen LogP contribution is -2.07. The molecule has 0 bridgehead atoms. The predicted octanol–water partition coefficient (Wildman–Crippen LogP) is 2.47. The fraction of sp³-hybridized carbons (Fsp3) is 0.417. The van der Waals surface area contributed by atoms with Crippen LogP contribution in [0.5, 0.6) is 0 Å². The number of rotatable bonds is 4. The third-order valence-corrected chi connectivity index (χ3v) is 3.18. The minimum absolute atomic E-state index is 0.667. The van der Waals surface area contributed by atoms with Crippen LogP contribution >= 0.6 is 11.8 Å². The van der Waals surface area contributed by atoms with Crippen molar-refractivity contribution in [2.24, 2.45) is 10.7 Å². The first kappa shape index (κ1) is 12.1. The van der Waals surface area contributed by atoms with Gasteiger partial charge in [-0.2, -0.15) is 0 Å². The second kappa shape index (κ2) is 6.51. The quantitative estimate of drug-likeness (QED) is 0.628. The van der Waals surface area contributed by atoms with E-state index in [1.165, 1.54) is 11.1 Å². The normalized spacial score (nSPS) is 11.7. The van der Waals surface area contributed by atoms with Crippen molar-refractivity contribution in [3.63, 3.8) is 0 Å². The van der Waals surface area contributed by atoms with E-state index in [1.54, 1.807) is 18.8 Å². The van der Waals surface area contributed by atoms with E-state index >= 15 is 0 Å². The summed E-state index contributed by atoms with van der Waals surface area (Å²) >= 11 is 1.61. The molecule has 15 heavy (non-hydrogen) atoms. The molecule has 0 aliphatic carbocycles. The van der Waals surface area contributed by atoms with Gasteiger partial charge in [-0.05, 0) is 24.0 Å². The molecule has 0 fully saturated rings. The Bertz CT molecular complexity index is 317. The van der Waals surface area contributed by atoms with Gasteiger partial charge in [0.25, 0.3) is 0 Å².